The monoisotopic (exact) mass is 488 g/mol. The lowest BCUT2D eigenvalue weighted by atomic mass is 10.0. The summed E-state index contributed by atoms with van der Waals surface area (Å²) in [6.45, 7) is 1.06. The van der Waals surface area contributed by atoms with E-state index in [4.69, 9.17) is 4.74 Å². The van der Waals surface area contributed by atoms with E-state index in [9.17, 15) is 27.2 Å². The highest BCUT2D eigenvalue weighted by Gasteiger charge is 2.42. The molecule has 186 valence electrons. The van der Waals surface area contributed by atoms with Gasteiger partial charge in [0.15, 0.2) is 5.82 Å². The Balaban J connectivity index is 1.32. The van der Waals surface area contributed by atoms with Crippen molar-refractivity contribution in [3.63, 3.8) is 0 Å². The van der Waals surface area contributed by atoms with E-state index in [2.05, 4.69) is 30.7 Å². The summed E-state index contributed by atoms with van der Waals surface area (Å²) >= 11 is 0. The lowest BCUT2D eigenvalue weighted by Crippen LogP contribution is -2.38. The van der Waals surface area contributed by atoms with Gasteiger partial charge in [-0.05, 0) is 38.7 Å². The molecule has 3 N–H and O–H groups in total. The summed E-state index contributed by atoms with van der Waals surface area (Å²) in [5, 5.41) is 15.8. The first-order chi connectivity index (χ1) is 15.9. The van der Waals surface area contributed by atoms with E-state index in [1.807, 2.05) is 6.92 Å². The van der Waals surface area contributed by atoms with Crippen molar-refractivity contribution >= 4 is 17.8 Å². The van der Waals surface area contributed by atoms with E-state index in [0.717, 1.165) is 17.5 Å². The number of H-pyrrole nitrogens is 1. The molecule has 3 atom stereocenters. The van der Waals surface area contributed by atoms with Crippen LogP contribution in [0.1, 0.15) is 60.4 Å². The fourth-order valence-electron chi connectivity index (χ4n) is 3.81. The highest BCUT2D eigenvalue weighted by Crippen LogP contribution is 2.39. The first-order valence-corrected chi connectivity index (χ1v) is 10.6. The summed E-state index contributed by atoms with van der Waals surface area (Å²) in [6.07, 6.45) is -5.58. The summed E-state index contributed by atoms with van der Waals surface area (Å²) in [5.41, 5.74) is 0.220. The maximum atomic E-state index is 14.5. The number of hydrogen-bond acceptors (Lipinski definition) is 6. The molecule has 14 heteroatoms. The molecule has 2 aromatic heterocycles. The van der Waals surface area contributed by atoms with Gasteiger partial charge in [-0.15, -0.1) is 13.2 Å². The molecule has 0 unspecified atom stereocenters. The number of amides is 2. The summed E-state index contributed by atoms with van der Waals surface area (Å²) in [6, 6.07) is 2.71. The number of halogens is 4. The van der Waals surface area contributed by atoms with Gasteiger partial charge < -0.3 is 15.4 Å². The zero-order valence-corrected chi connectivity index (χ0v) is 18.4. The lowest BCUT2D eigenvalue weighted by molar-refractivity contribution is -0.330. The number of alkyl carbamates (subject to hydrolysis) is 1. The number of ether oxygens (including phenoxy) is 2. The lowest BCUT2D eigenvalue weighted by Gasteiger charge is -2.17. The minimum absolute atomic E-state index is 0.00107. The molecule has 2 heterocycles. The average molecular weight is 488 g/mol. The summed E-state index contributed by atoms with van der Waals surface area (Å²) in [7, 11) is 1.40. The third-order valence-corrected chi connectivity index (χ3v) is 5.92. The van der Waals surface area contributed by atoms with Crippen LogP contribution in [0.3, 0.4) is 0 Å². The van der Waals surface area contributed by atoms with Gasteiger partial charge in [-0.25, -0.2) is 9.18 Å². The topological polar surface area (TPSA) is 123 Å². The van der Waals surface area contributed by atoms with Crippen molar-refractivity contribution < 1.29 is 36.6 Å². The standard InChI is InChI=1S/C20H24F4N6O4/c1-19(3-4-19)26-18(32)34-15-6-10(5-12(15)21)13-8-16(28-27-13)25-17(31)14-7-11(29-30(14)2)9-33-20(22,23)24/h7-8,10,12,15H,3-6,9H2,1-2H3,(H,26,32)(H2,25,27,28,31)/t10-,12+,15-/m0/s1. The first kappa shape index (κ1) is 24.0. The molecular weight excluding hydrogens is 464 g/mol. The number of aryl methyl sites for hydroxylation is 1. The molecular formula is C20H24F4N6O4. The van der Waals surface area contributed by atoms with Crippen LogP contribution in [-0.2, 0) is 23.1 Å². The Labute approximate surface area is 191 Å². The van der Waals surface area contributed by atoms with E-state index in [1.54, 1.807) is 0 Å². The number of anilines is 1. The maximum absolute atomic E-state index is 14.5. The van der Waals surface area contributed by atoms with Crippen molar-refractivity contribution in [1.29, 1.82) is 0 Å². The van der Waals surface area contributed by atoms with E-state index in [1.165, 1.54) is 19.2 Å². The van der Waals surface area contributed by atoms with Gasteiger partial charge in [0, 0.05) is 30.3 Å². The number of aromatic amines is 1. The molecule has 0 aromatic carbocycles. The Morgan fingerprint density at radius 3 is 2.71 bits per heavy atom. The molecule has 10 nitrogen and oxygen atoms in total. The van der Waals surface area contributed by atoms with Crippen molar-refractivity contribution in [2.45, 2.75) is 69.3 Å². The number of alkyl halides is 4. The Kier molecular flexibility index (Phi) is 6.27. The molecule has 0 radical (unpaired) electrons. The van der Waals surface area contributed by atoms with E-state index in [0.29, 0.717) is 5.69 Å². The van der Waals surface area contributed by atoms with Gasteiger partial charge in [-0.3, -0.25) is 19.3 Å². The number of nitrogens with one attached hydrogen (secondary N) is 3. The highest BCUT2D eigenvalue weighted by molar-refractivity contribution is 6.02. The Morgan fingerprint density at radius 2 is 2.03 bits per heavy atom. The second-order valence-electron chi connectivity index (χ2n) is 8.86. The maximum Gasteiger partial charge on any atom is 0.522 e. The third-order valence-electron chi connectivity index (χ3n) is 5.92. The fourth-order valence-corrected chi connectivity index (χ4v) is 3.81. The van der Waals surface area contributed by atoms with Crippen LogP contribution in [0.2, 0.25) is 0 Å². The van der Waals surface area contributed by atoms with Gasteiger partial charge in [0.05, 0.1) is 5.69 Å². The quantitative estimate of drug-likeness (QED) is 0.514. The van der Waals surface area contributed by atoms with Crippen LogP contribution in [0.5, 0.6) is 0 Å². The van der Waals surface area contributed by atoms with Crippen LogP contribution in [0.25, 0.3) is 0 Å². The molecule has 2 aliphatic carbocycles. The SMILES string of the molecule is Cn1nc(COC(F)(F)F)cc1C(=O)Nc1cc([C@H]2C[C@@H](F)[C@@H](OC(=O)NC3(C)CC3)C2)[nH]n1. The number of rotatable bonds is 7. The molecule has 2 amide bonds. The molecule has 0 spiro atoms. The number of nitrogens with zero attached hydrogens (tertiary/aromatic N) is 3. The fraction of sp³-hybridized carbons (Fsp3) is 0.600. The predicted molar refractivity (Wildman–Crippen MR) is 109 cm³/mol. The zero-order chi connectivity index (χ0) is 24.7. The van der Waals surface area contributed by atoms with Gasteiger partial charge in [0.1, 0.15) is 24.6 Å². The van der Waals surface area contributed by atoms with Gasteiger partial charge in [0.2, 0.25) is 0 Å². The smallest absolute Gasteiger partial charge is 0.443 e. The summed E-state index contributed by atoms with van der Waals surface area (Å²) in [5.74, 6) is -0.800. The first-order valence-electron chi connectivity index (χ1n) is 10.6. The summed E-state index contributed by atoms with van der Waals surface area (Å²) in [4.78, 5) is 24.5. The van der Waals surface area contributed by atoms with E-state index >= 15 is 0 Å². The molecule has 0 bridgehead atoms. The van der Waals surface area contributed by atoms with Crippen LogP contribution in [0, 0.1) is 0 Å². The van der Waals surface area contributed by atoms with Crippen LogP contribution < -0.4 is 10.6 Å². The highest BCUT2D eigenvalue weighted by atomic mass is 19.4. The molecule has 0 saturated heterocycles. The van der Waals surface area contributed by atoms with Crippen LogP contribution in [0.15, 0.2) is 12.1 Å². The average Bonchev–Trinajstić information content (AvgIpc) is 3.09. The van der Waals surface area contributed by atoms with Crippen molar-refractivity contribution in [1.82, 2.24) is 25.3 Å². The molecule has 2 aliphatic rings. The largest absolute Gasteiger partial charge is 0.522 e. The molecule has 2 saturated carbocycles. The zero-order valence-electron chi connectivity index (χ0n) is 18.4. The Hall–Kier alpha value is -3.16. The van der Waals surface area contributed by atoms with Gasteiger partial charge in [-0.1, -0.05) is 0 Å². The van der Waals surface area contributed by atoms with Crippen molar-refractivity contribution in [3.8, 4) is 0 Å². The van der Waals surface area contributed by atoms with Crippen molar-refractivity contribution in [2.75, 3.05) is 5.32 Å². The van der Waals surface area contributed by atoms with Gasteiger partial charge >= 0.3 is 12.5 Å². The van der Waals surface area contributed by atoms with E-state index < -0.39 is 37.2 Å². The minimum Gasteiger partial charge on any atom is -0.443 e. The van der Waals surface area contributed by atoms with Crippen LogP contribution in [-0.4, -0.2) is 56.2 Å². The minimum atomic E-state index is -4.81. The molecule has 2 fully saturated rings. The van der Waals surface area contributed by atoms with Crippen LogP contribution in [0.4, 0.5) is 28.2 Å². The molecule has 2 aromatic rings. The normalized spacial score (nSPS) is 23.5. The second-order valence-corrected chi connectivity index (χ2v) is 8.86. The second kappa shape index (κ2) is 8.89. The predicted octanol–water partition coefficient (Wildman–Crippen LogP) is 3.29. The van der Waals surface area contributed by atoms with E-state index in [-0.39, 0.29) is 41.5 Å². The number of carbonyl (C=O) groups excluding carboxylic acids is 2. The number of hydrogen-bond donors (Lipinski definition) is 3. The number of carbonyl (C=O) groups is 2. The Bertz CT molecular complexity index is 1060. The van der Waals surface area contributed by atoms with Gasteiger partial charge in [-0.2, -0.15) is 10.2 Å². The third kappa shape index (κ3) is 5.85. The van der Waals surface area contributed by atoms with Crippen molar-refractivity contribution in [2.24, 2.45) is 7.05 Å². The summed E-state index contributed by atoms with van der Waals surface area (Å²) < 4.78 is 61.2. The molecule has 4 rings (SSSR count). The Morgan fingerprint density at radius 1 is 1.29 bits per heavy atom. The van der Waals surface area contributed by atoms with Crippen LogP contribution >= 0.6 is 0 Å². The molecule has 0 aliphatic heterocycles. The van der Waals surface area contributed by atoms with Gasteiger partial charge in [0.25, 0.3) is 5.91 Å². The van der Waals surface area contributed by atoms with Crippen molar-refractivity contribution in [3.05, 3.63) is 29.2 Å². The number of aromatic nitrogens is 4. The molecule has 34 heavy (non-hydrogen) atoms.